The Labute approximate surface area is 128 Å². The van der Waals surface area contributed by atoms with Crippen LogP contribution in [0.15, 0.2) is 59.5 Å². The molecule has 2 heterocycles. The maximum atomic E-state index is 12.7. The van der Waals surface area contributed by atoms with Crippen LogP contribution in [-0.4, -0.2) is 29.3 Å². The zero-order chi connectivity index (χ0) is 14.2. The fraction of sp³-hybridized carbons (Fsp3) is 0.235. The van der Waals surface area contributed by atoms with Crippen LogP contribution in [0.3, 0.4) is 0 Å². The van der Waals surface area contributed by atoms with Gasteiger partial charge in [-0.05, 0) is 17.7 Å². The van der Waals surface area contributed by atoms with E-state index in [9.17, 15) is 4.79 Å². The average Bonchev–Trinajstić information content (AvgIpc) is 2.85. The van der Waals surface area contributed by atoms with E-state index in [-0.39, 0.29) is 6.03 Å². The second-order valence-corrected chi connectivity index (χ2v) is 6.51. The molecule has 2 aromatic carbocycles. The van der Waals surface area contributed by atoms with E-state index in [0.29, 0.717) is 12.6 Å². The number of thioether (sulfide) groups is 1. The van der Waals surface area contributed by atoms with Gasteiger partial charge in [0, 0.05) is 23.7 Å². The summed E-state index contributed by atoms with van der Waals surface area (Å²) >= 11 is 1.85. The van der Waals surface area contributed by atoms with Crippen molar-refractivity contribution in [3.05, 3.63) is 60.2 Å². The smallest absolute Gasteiger partial charge is 0.318 e. The Bertz CT molecular complexity index is 674. The lowest BCUT2D eigenvalue weighted by molar-refractivity contribution is 0.218. The minimum atomic E-state index is 0.136. The Hall–Kier alpha value is -1.94. The zero-order valence-electron chi connectivity index (χ0n) is 11.6. The lowest BCUT2D eigenvalue weighted by Gasteiger charge is -2.29. The summed E-state index contributed by atoms with van der Waals surface area (Å²) < 4.78 is 0. The molecular formula is C17H16N2OS. The minimum absolute atomic E-state index is 0.136. The predicted octanol–water partition coefficient (Wildman–Crippen LogP) is 3.60. The van der Waals surface area contributed by atoms with Crippen LogP contribution in [0.1, 0.15) is 5.56 Å². The van der Waals surface area contributed by atoms with Crippen molar-refractivity contribution in [1.29, 1.82) is 0 Å². The summed E-state index contributed by atoms with van der Waals surface area (Å²) in [6.45, 7) is 1.51. The maximum absolute atomic E-state index is 12.7. The fourth-order valence-electron chi connectivity index (χ4n) is 3.05. The summed E-state index contributed by atoms with van der Waals surface area (Å²) in [5, 5.41) is 0. The van der Waals surface area contributed by atoms with Gasteiger partial charge in [0.1, 0.15) is 0 Å². The van der Waals surface area contributed by atoms with Crippen molar-refractivity contribution >= 4 is 23.5 Å². The molecule has 2 aliphatic rings. The third-order valence-corrected chi connectivity index (χ3v) is 5.25. The van der Waals surface area contributed by atoms with Gasteiger partial charge >= 0.3 is 6.03 Å². The number of amides is 2. The molecule has 0 bridgehead atoms. The van der Waals surface area contributed by atoms with Gasteiger partial charge in [-0.1, -0.05) is 42.5 Å². The molecule has 2 aliphatic heterocycles. The van der Waals surface area contributed by atoms with Crippen LogP contribution in [0.4, 0.5) is 10.5 Å². The van der Waals surface area contributed by atoms with E-state index in [1.807, 2.05) is 51.9 Å². The number of carbonyl (C=O) groups excluding carboxylic acids is 1. The molecule has 1 saturated heterocycles. The van der Waals surface area contributed by atoms with Gasteiger partial charge in [0.15, 0.2) is 0 Å². The molecule has 2 aromatic rings. The third kappa shape index (κ3) is 2.20. The van der Waals surface area contributed by atoms with Gasteiger partial charge in [-0.3, -0.25) is 4.90 Å². The molecule has 106 valence electrons. The van der Waals surface area contributed by atoms with E-state index in [0.717, 1.165) is 18.0 Å². The average molecular weight is 296 g/mol. The second kappa shape index (κ2) is 5.11. The van der Waals surface area contributed by atoms with Crippen LogP contribution in [-0.2, 0) is 6.54 Å². The number of urea groups is 1. The molecule has 0 saturated carbocycles. The quantitative estimate of drug-likeness (QED) is 0.845. The van der Waals surface area contributed by atoms with E-state index < -0.39 is 0 Å². The lowest BCUT2D eigenvalue weighted by atomic mass is 10.2. The van der Waals surface area contributed by atoms with Crippen LogP contribution in [0.5, 0.6) is 0 Å². The largest absolute Gasteiger partial charge is 0.325 e. The van der Waals surface area contributed by atoms with Crippen molar-refractivity contribution < 1.29 is 4.79 Å². The molecule has 4 heteroatoms. The Morgan fingerprint density at radius 1 is 1.05 bits per heavy atom. The van der Waals surface area contributed by atoms with Crippen molar-refractivity contribution in [2.45, 2.75) is 17.5 Å². The molecule has 3 nitrogen and oxygen atoms in total. The van der Waals surface area contributed by atoms with Gasteiger partial charge in [0.2, 0.25) is 0 Å². The van der Waals surface area contributed by atoms with Gasteiger partial charge in [0.25, 0.3) is 0 Å². The van der Waals surface area contributed by atoms with E-state index in [1.54, 1.807) is 0 Å². The number of rotatable bonds is 2. The van der Waals surface area contributed by atoms with Crippen LogP contribution in [0.2, 0.25) is 0 Å². The van der Waals surface area contributed by atoms with Crippen molar-refractivity contribution in [1.82, 2.24) is 4.90 Å². The molecule has 1 atom stereocenters. The monoisotopic (exact) mass is 296 g/mol. The molecule has 0 aromatic heterocycles. The lowest BCUT2D eigenvalue weighted by Crippen LogP contribution is -2.38. The molecule has 0 radical (unpaired) electrons. The van der Waals surface area contributed by atoms with Crippen molar-refractivity contribution in [3.63, 3.8) is 0 Å². The Balaban J connectivity index is 1.61. The molecule has 1 fully saturated rings. The number of benzene rings is 2. The number of carbonyl (C=O) groups is 1. The highest BCUT2D eigenvalue weighted by molar-refractivity contribution is 7.99. The first-order chi connectivity index (χ1) is 10.3. The second-order valence-electron chi connectivity index (χ2n) is 5.45. The zero-order valence-corrected chi connectivity index (χ0v) is 12.4. The first-order valence-corrected chi connectivity index (χ1v) is 8.15. The van der Waals surface area contributed by atoms with Crippen molar-refractivity contribution in [3.8, 4) is 0 Å². The summed E-state index contributed by atoms with van der Waals surface area (Å²) in [5.41, 5.74) is 2.26. The van der Waals surface area contributed by atoms with Gasteiger partial charge in [-0.2, -0.15) is 0 Å². The number of anilines is 1. The topological polar surface area (TPSA) is 23.6 Å². The van der Waals surface area contributed by atoms with Crippen LogP contribution >= 0.6 is 11.8 Å². The van der Waals surface area contributed by atoms with Gasteiger partial charge in [0.05, 0.1) is 11.7 Å². The number of fused-ring (bicyclic) bond motifs is 3. The molecule has 2 amide bonds. The van der Waals surface area contributed by atoms with Gasteiger partial charge in [-0.25, -0.2) is 4.79 Å². The number of hydrogen-bond acceptors (Lipinski definition) is 2. The summed E-state index contributed by atoms with van der Waals surface area (Å²) in [5.74, 6) is 0.980. The predicted molar refractivity (Wildman–Crippen MR) is 85.7 cm³/mol. The molecule has 0 N–H and O–H groups in total. The van der Waals surface area contributed by atoms with Crippen LogP contribution in [0.25, 0.3) is 0 Å². The molecule has 4 rings (SSSR count). The maximum Gasteiger partial charge on any atom is 0.325 e. The van der Waals surface area contributed by atoms with E-state index >= 15 is 0 Å². The highest BCUT2D eigenvalue weighted by Crippen LogP contribution is 2.40. The highest BCUT2D eigenvalue weighted by Gasteiger charge is 2.41. The summed E-state index contributed by atoms with van der Waals surface area (Å²) in [4.78, 5) is 17.9. The van der Waals surface area contributed by atoms with Crippen molar-refractivity contribution in [2.24, 2.45) is 0 Å². The van der Waals surface area contributed by atoms with Crippen molar-refractivity contribution in [2.75, 3.05) is 17.2 Å². The Kier molecular flexibility index (Phi) is 3.11. The number of nitrogens with zero attached hydrogens (tertiary/aromatic N) is 2. The minimum Gasteiger partial charge on any atom is -0.318 e. The molecule has 21 heavy (non-hydrogen) atoms. The molecule has 0 spiro atoms. The Morgan fingerprint density at radius 3 is 2.67 bits per heavy atom. The fourth-order valence-corrected chi connectivity index (χ4v) is 4.17. The third-order valence-electron chi connectivity index (χ3n) is 4.05. The standard InChI is InChI=1S/C17H16N2OS/c20-17-18(10-13-6-2-1-3-7-13)11-14-12-21-16-9-5-4-8-15(16)19(14)17/h1-9,14H,10-12H2. The van der Waals surface area contributed by atoms with E-state index in [1.165, 1.54) is 10.5 Å². The first kappa shape index (κ1) is 12.8. The number of para-hydroxylation sites is 1. The summed E-state index contributed by atoms with van der Waals surface area (Å²) in [6, 6.07) is 18.8. The highest BCUT2D eigenvalue weighted by atomic mass is 32.2. The summed E-state index contributed by atoms with van der Waals surface area (Å²) in [6.07, 6.45) is 0. The molecule has 1 unspecified atom stereocenters. The van der Waals surface area contributed by atoms with Crippen LogP contribution in [0, 0.1) is 0 Å². The van der Waals surface area contributed by atoms with E-state index in [4.69, 9.17) is 0 Å². The van der Waals surface area contributed by atoms with Gasteiger partial charge in [-0.15, -0.1) is 11.8 Å². The molecular weight excluding hydrogens is 280 g/mol. The van der Waals surface area contributed by atoms with Crippen LogP contribution < -0.4 is 4.90 Å². The first-order valence-electron chi connectivity index (χ1n) is 7.17. The number of hydrogen-bond donors (Lipinski definition) is 0. The van der Waals surface area contributed by atoms with Gasteiger partial charge < -0.3 is 4.90 Å². The molecule has 0 aliphatic carbocycles. The summed E-state index contributed by atoms with van der Waals surface area (Å²) in [7, 11) is 0. The Morgan fingerprint density at radius 2 is 1.81 bits per heavy atom. The normalized spacial score (nSPS) is 20.4. The van der Waals surface area contributed by atoms with E-state index in [2.05, 4.69) is 24.3 Å². The SMILES string of the molecule is O=C1N(Cc2ccccc2)CC2CSc3ccccc3N12.